The Bertz CT molecular complexity index is 1860. The van der Waals surface area contributed by atoms with Crippen LogP contribution in [-0.4, -0.2) is 70.6 Å². The monoisotopic (exact) mass is 692 g/mol. The second-order valence-corrected chi connectivity index (χ2v) is 15.0. The highest BCUT2D eigenvalue weighted by Gasteiger charge is 2.40. The number of nitrogens with one attached hydrogen (secondary N) is 3. The summed E-state index contributed by atoms with van der Waals surface area (Å²) in [4.78, 5) is 59.7. The SMILES string of the molecule is CC(C)C[C@H](NC(=O)OCC1c2ccccc2-c2ccccc21)C(=O)N[C@@H](Cc1c[nH]c2ccccc12)C(=O)N1CCC[C@H]1C(=O)OC(C)(C)C. The van der Waals surface area contributed by atoms with Crippen molar-refractivity contribution in [3.63, 3.8) is 0 Å². The Morgan fingerprint density at radius 2 is 1.53 bits per heavy atom. The van der Waals surface area contributed by atoms with Gasteiger partial charge in [-0.15, -0.1) is 0 Å². The third-order valence-corrected chi connectivity index (χ3v) is 9.59. The maximum absolute atomic E-state index is 14.3. The van der Waals surface area contributed by atoms with E-state index >= 15 is 0 Å². The highest BCUT2D eigenvalue weighted by molar-refractivity contribution is 5.94. The minimum absolute atomic E-state index is 0.0486. The molecule has 3 atom stereocenters. The van der Waals surface area contributed by atoms with Gasteiger partial charge < -0.3 is 30.0 Å². The molecular weight excluding hydrogens is 644 g/mol. The van der Waals surface area contributed by atoms with Gasteiger partial charge in [0.15, 0.2) is 0 Å². The van der Waals surface area contributed by atoms with Crippen LogP contribution in [-0.2, 0) is 30.3 Å². The molecule has 10 nitrogen and oxygen atoms in total. The van der Waals surface area contributed by atoms with Crippen LogP contribution in [0, 0.1) is 5.92 Å². The number of ether oxygens (including phenoxy) is 2. The van der Waals surface area contributed by atoms with Crippen LogP contribution in [0.15, 0.2) is 79.0 Å². The first-order valence-electron chi connectivity index (χ1n) is 17.9. The maximum Gasteiger partial charge on any atom is 0.407 e. The van der Waals surface area contributed by atoms with Crippen molar-refractivity contribution >= 4 is 34.8 Å². The van der Waals surface area contributed by atoms with E-state index in [2.05, 4.69) is 39.9 Å². The summed E-state index contributed by atoms with van der Waals surface area (Å²) in [6.45, 7) is 9.79. The van der Waals surface area contributed by atoms with Gasteiger partial charge in [-0.25, -0.2) is 9.59 Å². The number of carbonyl (C=O) groups excluding carboxylic acids is 4. The molecule has 2 aliphatic rings. The number of rotatable bonds is 11. The molecule has 1 aliphatic heterocycles. The number of nitrogens with zero attached hydrogens (tertiary/aromatic N) is 1. The molecule has 2 heterocycles. The summed E-state index contributed by atoms with van der Waals surface area (Å²) in [7, 11) is 0. The topological polar surface area (TPSA) is 130 Å². The van der Waals surface area contributed by atoms with Crippen molar-refractivity contribution in [1.82, 2.24) is 20.5 Å². The van der Waals surface area contributed by atoms with E-state index < -0.39 is 41.7 Å². The number of H-pyrrole nitrogens is 1. The predicted octanol–water partition coefficient (Wildman–Crippen LogP) is 6.48. The maximum atomic E-state index is 14.3. The molecule has 0 bridgehead atoms. The first-order chi connectivity index (χ1) is 24.4. The number of para-hydroxylation sites is 1. The number of likely N-dealkylation sites (tertiary alicyclic amines) is 1. The molecule has 268 valence electrons. The fraction of sp³-hybridized carbons (Fsp3) is 0.415. The number of esters is 1. The van der Waals surface area contributed by atoms with Gasteiger partial charge in [0, 0.05) is 36.0 Å². The zero-order valence-electron chi connectivity index (χ0n) is 30.0. The number of aromatic amines is 1. The van der Waals surface area contributed by atoms with Crippen molar-refractivity contribution in [1.29, 1.82) is 0 Å². The van der Waals surface area contributed by atoms with Gasteiger partial charge in [-0.3, -0.25) is 9.59 Å². The number of hydrogen-bond acceptors (Lipinski definition) is 6. The Morgan fingerprint density at radius 3 is 2.20 bits per heavy atom. The first-order valence-corrected chi connectivity index (χ1v) is 17.9. The van der Waals surface area contributed by atoms with Crippen LogP contribution < -0.4 is 10.6 Å². The molecule has 0 unspecified atom stereocenters. The lowest BCUT2D eigenvalue weighted by atomic mass is 9.98. The molecule has 3 N–H and O–H groups in total. The molecule has 51 heavy (non-hydrogen) atoms. The van der Waals surface area contributed by atoms with Crippen LogP contribution in [0.1, 0.15) is 76.5 Å². The minimum atomic E-state index is -1.00. The van der Waals surface area contributed by atoms with Crippen molar-refractivity contribution in [2.24, 2.45) is 5.92 Å². The summed E-state index contributed by atoms with van der Waals surface area (Å²) in [6.07, 6.45) is 2.77. The molecule has 3 amide bonds. The number of alkyl carbamates (subject to hydrolysis) is 1. The Labute approximate surface area is 299 Å². The summed E-state index contributed by atoms with van der Waals surface area (Å²) in [5.41, 5.74) is 5.48. The van der Waals surface area contributed by atoms with E-state index in [-0.39, 0.29) is 30.8 Å². The summed E-state index contributed by atoms with van der Waals surface area (Å²) in [5, 5.41) is 6.70. The van der Waals surface area contributed by atoms with Gasteiger partial charge in [0.05, 0.1) is 0 Å². The van der Waals surface area contributed by atoms with Crippen LogP contribution in [0.3, 0.4) is 0 Å². The molecule has 1 saturated heterocycles. The van der Waals surface area contributed by atoms with E-state index in [1.165, 1.54) is 4.90 Å². The van der Waals surface area contributed by atoms with Crippen LogP contribution >= 0.6 is 0 Å². The van der Waals surface area contributed by atoms with Crippen molar-refractivity contribution in [3.8, 4) is 11.1 Å². The number of fused-ring (bicyclic) bond motifs is 4. The minimum Gasteiger partial charge on any atom is -0.458 e. The van der Waals surface area contributed by atoms with Crippen LogP contribution in [0.5, 0.6) is 0 Å². The highest BCUT2D eigenvalue weighted by Crippen LogP contribution is 2.44. The average Bonchev–Trinajstić information content (AvgIpc) is 3.82. The summed E-state index contributed by atoms with van der Waals surface area (Å²) in [5.74, 6) is -1.40. The van der Waals surface area contributed by atoms with E-state index in [1.54, 1.807) is 20.8 Å². The van der Waals surface area contributed by atoms with Gasteiger partial charge in [0.25, 0.3) is 0 Å². The average molecular weight is 693 g/mol. The molecule has 0 spiro atoms. The Balaban J connectivity index is 1.19. The number of benzene rings is 3. The van der Waals surface area contributed by atoms with Gasteiger partial charge in [0.2, 0.25) is 11.8 Å². The number of amides is 3. The lowest BCUT2D eigenvalue weighted by Crippen LogP contribution is -2.57. The highest BCUT2D eigenvalue weighted by atomic mass is 16.6. The molecule has 0 radical (unpaired) electrons. The van der Waals surface area contributed by atoms with E-state index in [9.17, 15) is 19.2 Å². The summed E-state index contributed by atoms with van der Waals surface area (Å²) in [6, 6.07) is 21.3. The lowest BCUT2D eigenvalue weighted by molar-refractivity contribution is -0.163. The third-order valence-electron chi connectivity index (χ3n) is 9.59. The van der Waals surface area contributed by atoms with Crippen molar-refractivity contribution in [2.75, 3.05) is 13.2 Å². The number of aromatic nitrogens is 1. The molecule has 1 aromatic heterocycles. The Morgan fingerprint density at radius 1 is 0.882 bits per heavy atom. The molecule has 1 fully saturated rings. The van der Waals surface area contributed by atoms with Gasteiger partial charge in [-0.05, 0) is 79.8 Å². The van der Waals surface area contributed by atoms with E-state index in [0.29, 0.717) is 25.8 Å². The molecule has 0 saturated carbocycles. The molecule has 1 aliphatic carbocycles. The van der Waals surface area contributed by atoms with Crippen LogP contribution in [0.2, 0.25) is 0 Å². The number of hydrogen-bond donors (Lipinski definition) is 3. The smallest absolute Gasteiger partial charge is 0.407 e. The van der Waals surface area contributed by atoms with Crippen LogP contribution in [0.25, 0.3) is 22.0 Å². The van der Waals surface area contributed by atoms with E-state index in [0.717, 1.165) is 38.7 Å². The van der Waals surface area contributed by atoms with E-state index in [1.807, 2.05) is 68.6 Å². The predicted molar refractivity (Wildman–Crippen MR) is 196 cm³/mol. The van der Waals surface area contributed by atoms with Gasteiger partial charge in [0.1, 0.15) is 30.3 Å². The van der Waals surface area contributed by atoms with Gasteiger partial charge in [-0.1, -0.05) is 80.6 Å². The fourth-order valence-corrected chi connectivity index (χ4v) is 7.32. The first kappa shape index (κ1) is 35.7. The van der Waals surface area contributed by atoms with Crippen molar-refractivity contribution < 1.29 is 28.7 Å². The second kappa shape index (κ2) is 15.0. The van der Waals surface area contributed by atoms with E-state index in [4.69, 9.17) is 9.47 Å². The van der Waals surface area contributed by atoms with Gasteiger partial charge >= 0.3 is 12.1 Å². The van der Waals surface area contributed by atoms with Crippen LogP contribution in [0.4, 0.5) is 4.79 Å². The molecular formula is C41H48N4O6. The quantitative estimate of drug-likeness (QED) is 0.154. The summed E-state index contributed by atoms with van der Waals surface area (Å²) >= 11 is 0. The summed E-state index contributed by atoms with van der Waals surface area (Å²) < 4.78 is 11.5. The zero-order valence-corrected chi connectivity index (χ0v) is 30.0. The van der Waals surface area contributed by atoms with Gasteiger partial charge in [-0.2, -0.15) is 0 Å². The largest absolute Gasteiger partial charge is 0.458 e. The Kier molecular flexibility index (Phi) is 10.5. The lowest BCUT2D eigenvalue weighted by Gasteiger charge is -2.31. The Hall–Kier alpha value is -5.12. The molecule has 4 aromatic rings. The second-order valence-electron chi connectivity index (χ2n) is 15.0. The molecule has 10 heteroatoms. The normalized spacial score (nSPS) is 16.7. The number of carbonyl (C=O) groups is 4. The molecule has 3 aromatic carbocycles. The molecule has 6 rings (SSSR count). The van der Waals surface area contributed by atoms with Crippen molar-refractivity contribution in [2.45, 2.75) is 89.9 Å². The fourth-order valence-electron chi connectivity index (χ4n) is 7.32. The standard InChI is InChI=1S/C41H48N4O6/c1-25(2)21-34(44-40(49)50-24-32-30-16-8-6-14-28(30)29-15-7-9-17-31(29)32)37(46)43-35(22-26-23-42-33-18-11-10-13-27(26)33)38(47)45-20-12-19-36(45)39(48)51-41(3,4)5/h6-11,13-18,23,25,32,34-36,42H,12,19-22,24H2,1-5H3,(H,43,46)(H,44,49)/t34-,35-,36-/m0/s1. The van der Waals surface area contributed by atoms with Crippen molar-refractivity contribution in [3.05, 3.63) is 95.7 Å². The third kappa shape index (κ3) is 8.11. The zero-order chi connectivity index (χ0) is 36.3.